The monoisotopic (exact) mass is 1990 g/mol. The SMILES string of the molecule is CCCCCCCCCCCCCCCCCCCCCC(=O)[O-].CCCCCCCCCCCCCCCCCCCCCC(=O)[O-].CCCCCCCCCCCCCCCCCCCCCC(=O)[O-].CCC[CH2][Sn+2][CH2]CCC.CCC[CH2][Sn+3].CCC[CH2][Sn+3].OCC[S-].OCC[S-].OCC[S-].OCC[S-].OCC[S-]. The first-order chi connectivity index (χ1) is 54.1. The molecular weight excluding hydrogens is 1800 g/mol. The van der Waals surface area contributed by atoms with E-state index in [2.05, 4.69) is 112 Å². The fraction of sp³-hybridized carbons (Fsp3) is 0.967. The zero-order valence-electron chi connectivity index (χ0n) is 74.7. The number of hydrogen-bond donors (Lipinski definition) is 5. The Morgan fingerprint density at radius 3 is 0.405 bits per heavy atom. The Labute approximate surface area is 759 Å². The summed E-state index contributed by atoms with van der Waals surface area (Å²) in [5.41, 5.74) is 0. The van der Waals surface area contributed by atoms with Gasteiger partial charge in [0.1, 0.15) is 0 Å². The summed E-state index contributed by atoms with van der Waals surface area (Å²) in [7, 11) is 0. The molecule has 0 bridgehead atoms. The molecule has 111 heavy (non-hydrogen) atoms. The molecule has 0 aromatic carbocycles. The van der Waals surface area contributed by atoms with Gasteiger partial charge in [0.25, 0.3) is 0 Å². The molecule has 0 amide bonds. The third-order valence-electron chi connectivity index (χ3n) is 17.9. The van der Waals surface area contributed by atoms with Crippen LogP contribution >= 0.6 is 0 Å². The van der Waals surface area contributed by atoms with Gasteiger partial charge in [-0.2, -0.15) is 28.8 Å². The summed E-state index contributed by atoms with van der Waals surface area (Å²) in [6.07, 6.45) is 88.7. The van der Waals surface area contributed by atoms with E-state index in [1.54, 1.807) is 53.9 Å². The molecule has 0 fully saturated rings. The van der Waals surface area contributed by atoms with Gasteiger partial charge in [0.2, 0.25) is 0 Å². The molecule has 0 unspecified atom stereocenters. The van der Waals surface area contributed by atoms with Gasteiger partial charge in [-0.05, 0) is 38.5 Å². The van der Waals surface area contributed by atoms with Gasteiger partial charge < -0.3 is 118 Å². The second-order valence-corrected chi connectivity index (χ2v) is 38.4. The molecule has 666 valence electrons. The van der Waals surface area contributed by atoms with Crippen LogP contribution in [0.25, 0.3) is 0 Å². The number of unbranched alkanes of at least 4 members (excludes halogenated alkanes) is 58. The van der Waals surface area contributed by atoms with Crippen LogP contribution in [-0.4, -0.2) is 171 Å². The molecular formula is C92H190O11S5Sn3. The van der Waals surface area contributed by atoms with Gasteiger partial charge >= 0.3 is 163 Å². The van der Waals surface area contributed by atoms with Crippen molar-refractivity contribution in [2.75, 3.05) is 61.8 Å². The number of carboxylic acids is 3. The van der Waals surface area contributed by atoms with E-state index in [4.69, 9.17) is 25.5 Å². The van der Waals surface area contributed by atoms with Crippen molar-refractivity contribution in [3.05, 3.63) is 0 Å². The molecule has 0 radical (unpaired) electrons. The molecule has 0 aromatic rings. The van der Waals surface area contributed by atoms with Crippen LogP contribution in [-0.2, 0) is 77.5 Å². The number of hydrogen-bond acceptors (Lipinski definition) is 16. The zero-order valence-corrected chi connectivity index (χ0v) is 87.4. The van der Waals surface area contributed by atoms with Crippen LogP contribution in [0.15, 0.2) is 0 Å². The third kappa shape index (κ3) is 212. The Morgan fingerprint density at radius 2 is 0.324 bits per heavy atom. The summed E-state index contributed by atoms with van der Waals surface area (Å²) in [6.45, 7) is 16.5. The van der Waals surface area contributed by atoms with Crippen LogP contribution < -0.4 is 15.3 Å². The Balaban J connectivity index is -0.000000121. The minimum atomic E-state index is -0.901. The topological polar surface area (TPSA) is 222 Å². The second-order valence-electron chi connectivity index (χ2n) is 29.3. The maximum atomic E-state index is 10.3. The minimum Gasteiger partial charge on any atom is -0.790 e. The van der Waals surface area contributed by atoms with Crippen molar-refractivity contribution in [3.63, 3.8) is 0 Å². The average molecular weight is 1990 g/mol. The van der Waals surface area contributed by atoms with Gasteiger partial charge in [-0.15, -0.1) is 0 Å². The van der Waals surface area contributed by atoms with Gasteiger partial charge in [0.05, 0.1) is 0 Å². The van der Waals surface area contributed by atoms with Crippen LogP contribution in [0.4, 0.5) is 0 Å². The summed E-state index contributed by atoms with van der Waals surface area (Å²) in [5.74, 6) is -0.411. The Kier molecular flexibility index (Phi) is 193. The number of carbonyl (C=O) groups is 3. The first-order valence-electron chi connectivity index (χ1n) is 46.7. The number of aliphatic hydroxyl groups excluding tert-OH is 5. The molecule has 11 nitrogen and oxygen atoms in total. The fourth-order valence-corrected chi connectivity index (χ4v) is 17.3. The largest absolute Gasteiger partial charge is 0.790 e. The second kappa shape index (κ2) is 156. The molecule has 0 saturated carbocycles. The first kappa shape index (κ1) is 137. The van der Waals surface area contributed by atoms with Gasteiger partial charge in [0.15, 0.2) is 0 Å². The van der Waals surface area contributed by atoms with E-state index in [-0.39, 0.29) is 73.4 Å². The van der Waals surface area contributed by atoms with Gasteiger partial charge in [-0.1, -0.05) is 367 Å². The van der Waals surface area contributed by atoms with Gasteiger partial charge in [-0.25, -0.2) is 0 Å². The number of aliphatic hydroxyl groups is 5. The van der Waals surface area contributed by atoms with Crippen molar-refractivity contribution in [2.45, 2.75) is 503 Å². The van der Waals surface area contributed by atoms with E-state index in [9.17, 15) is 29.7 Å². The number of aliphatic carboxylic acids is 3. The standard InChI is InChI=1S/3C22H44O2.4C4H9.5C2H6OS.3Sn/c3*1-2-3-4-5-6-7-8-9-10-11-12-13-14-15-16-17-18-19-20-21-22(23)24;4*1-3-4-2;5*3-1-2-4;;;/h3*2-21H2,1H3,(H,23,24);4*1,3-4H2,2H3;5*3-4H,1-2H2;;;/q;;;;;;;;;;;;+2;2*+3/p-8. The summed E-state index contributed by atoms with van der Waals surface area (Å²) in [4.78, 5) is 30.8. The zero-order chi connectivity index (χ0) is 85.4. The Morgan fingerprint density at radius 1 is 0.216 bits per heavy atom. The molecule has 0 heterocycles. The molecule has 5 N–H and O–H groups in total. The van der Waals surface area contributed by atoms with Crippen molar-refractivity contribution < 1.29 is 55.2 Å². The first-order valence-corrected chi connectivity index (χ1v) is 57.6. The molecule has 0 spiro atoms. The van der Waals surface area contributed by atoms with Crippen LogP contribution in [0.3, 0.4) is 0 Å². The van der Waals surface area contributed by atoms with E-state index in [1.807, 2.05) is 0 Å². The smallest absolute Gasteiger partial charge is 0.0213 e. The van der Waals surface area contributed by atoms with Gasteiger partial charge in [0, 0.05) is 50.9 Å². The summed E-state index contributed by atoms with van der Waals surface area (Å²) >= 11 is 25.0. The number of carboxylic acid groups (broad SMARTS) is 3. The maximum Gasteiger partial charge on any atom is 0.0213 e. The van der Waals surface area contributed by atoms with E-state index in [1.165, 1.54) is 388 Å². The van der Waals surface area contributed by atoms with Gasteiger partial charge in [-0.3, -0.25) is 0 Å². The minimum absolute atomic E-state index is 0.134. The Hall–Kier alpha value is 2.36. The Bertz CT molecular complexity index is 1260. The molecule has 0 aromatic heterocycles. The van der Waals surface area contributed by atoms with Crippen LogP contribution in [0, 0.1) is 0 Å². The van der Waals surface area contributed by atoms with Crippen molar-refractivity contribution in [2.24, 2.45) is 0 Å². The summed E-state index contributed by atoms with van der Waals surface area (Å²) < 4.78 is 6.12. The maximum absolute atomic E-state index is 10.3. The summed E-state index contributed by atoms with van der Waals surface area (Å²) in [5, 5.41) is 69.7. The fourth-order valence-electron chi connectivity index (χ4n) is 11.1. The molecule has 0 aliphatic heterocycles. The molecule has 0 aliphatic carbocycles. The van der Waals surface area contributed by atoms with Crippen LogP contribution in [0.2, 0.25) is 17.7 Å². The van der Waals surface area contributed by atoms with Crippen LogP contribution in [0.1, 0.15) is 485 Å². The predicted octanol–water partition coefficient (Wildman–Crippen LogP) is 23.2. The number of rotatable bonds is 75. The van der Waals surface area contributed by atoms with E-state index >= 15 is 0 Å². The molecule has 19 heteroatoms. The van der Waals surface area contributed by atoms with Crippen molar-refractivity contribution >= 4 is 147 Å². The number of carbonyl (C=O) groups excluding carboxylic acids is 3. The van der Waals surface area contributed by atoms with Crippen molar-refractivity contribution in [3.8, 4) is 0 Å². The molecule has 0 rings (SSSR count). The average Bonchev–Trinajstić information content (AvgIpc) is 2.66. The quantitative estimate of drug-likeness (QED) is 0.0217. The normalized spacial score (nSPS) is 10.0. The van der Waals surface area contributed by atoms with E-state index < -0.39 is 17.9 Å². The van der Waals surface area contributed by atoms with Crippen LogP contribution in [0.5, 0.6) is 0 Å². The molecule has 0 saturated heterocycles. The summed E-state index contributed by atoms with van der Waals surface area (Å²) in [6, 6.07) is 0. The molecule has 0 atom stereocenters. The van der Waals surface area contributed by atoms with E-state index in [0.29, 0.717) is 28.8 Å². The third-order valence-corrected chi connectivity index (χ3v) is 24.9. The van der Waals surface area contributed by atoms with E-state index in [0.717, 1.165) is 38.5 Å². The predicted molar refractivity (Wildman–Crippen MR) is 502 cm³/mol. The molecule has 0 aliphatic rings. The van der Waals surface area contributed by atoms with Crippen molar-refractivity contribution in [1.82, 2.24) is 0 Å². The van der Waals surface area contributed by atoms with Crippen molar-refractivity contribution in [1.29, 1.82) is 0 Å².